The molecular weight excluding hydrogens is 444 g/mol. The predicted molar refractivity (Wildman–Crippen MR) is 121 cm³/mol. The highest BCUT2D eigenvalue weighted by molar-refractivity contribution is 9.10. The number of aliphatic hydroxyl groups excluding tert-OH is 1. The first-order valence-electron chi connectivity index (χ1n) is 10.2. The summed E-state index contributed by atoms with van der Waals surface area (Å²) in [7, 11) is 0. The van der Waals surface area contributed by atoms with E-state index in [2.05, 4.69) is 70.8 Å². The van der Waals surface area contributed by atoms with E-state index in [-0.39, 0.29) is 6.61 Å². The van der Waals surface area contributed by atoms with Crippen LogP contribution in [0.5, 0.6) is 0 Å². The molecule has 3 heterocycles. The zero-order chi connectivity index (χ0) is 20.5. The predicted octanol–water partition coefficient (Wildman–Crippen LogP) is 2.50. The van der Waals surface area contributed by atoms with Crippen molar-refractivity contribution in [2.24, 2.45) is 4.99 Å². The van der Waals surface area contributed by atoms with Crippen molar-refractivity contribution in [2.45, 2.75) is 6.54 Å². The number of hydrogen-bond donors (Lipinski definition) is 1. The first kappa shape index (κ1) is 19.4. The number of halogens is 1. The van der Waals surface area contributed by atoms with Gasteiger partial charge in [-0.3, -0.25) is 14.5 Å². The zero-order valence-corrected chi connectivity index (χ0v) is 18.2. The van der Waals surface area contributed by atoms with Crippen LogP contribution in [0.15, 0.2) is 58.0 Å². The number of fused-ring (bicyclic) bond motifs is 3. The van der Waals surface area contributed by atoms with Crippen molar-refractivity contribution >= 4 is 27.6 Å². The number of aliphatic hydroxyl groups is 1. The third kappa shape index (κ3) is 3.55. The molecule has 2 aliphatic heterocycles. The second-order valence-electron chi connectivity index (χ2n) is 7.50. The fourth-order valence-corrected chi connectivity index (χ4v) is 4.51. The van der Waals surface area contributed by atoms with Gasteiger partial charge in [0.2, 0.25) is 5.95 Å². The third-order valence-electron chi connectivity index (χ3n) is 5.66. The number of benzene rings is 2. The van der Waals surface area contributed by atoms with Crippen molar-refractivity contribution in [1.82, 2.24) is 19.7 Å². The largest absolute Gasteiger partial charge is 0.395 e. The molecule has 2 aromatic carbocycles. The van der Waals surface area contributed by atoms with E-state index in [0.717, 1.165) is 71.5 Å². The van der Waals surface area contributed by atoms with Crippen molar-refractivity contribution in [1.29, 1.82) is 0 Å². The van der Waals surface area contributed by atoms with Crippen LogP contribution < -0.4 is 4.90 Å². The van der Waals surface area contributed by atoms with Gasteiger partial charge in [-0.25, -0.2) is 0 Å². The summed E-state index contributed by atoms with van der Waals surface area (Å²) < 4.78 is 3.17. The summed E-state index contributed by atoms with van der Waals surface area (Å²) in [5.74, 6) is 1.71. The Kier molecular flexibility index (Phi) is 5.37. The number of rotatable bonds is 4. The summed E-state index contributed by atoms with van der Waals surface area (Å²) in [6.07, 6.45) is 0. The topological polar surface area (TPSA) is 69.8 Å². The van der Waals surface area contributed by atoms with Crippen molar-refractivity contribution in [3.05, 3.63) is 70.0 Å². The summed E-state index contributed by atoms with van der Waals surface area (Å²) in [5, 5.41) is 18.2. The minimum atomic E-state index is 0.197. The molecule has 0 atom stereocenters. The molecule has 0 bridgehead atoms. The Labute approximate surface area is 183 Å². The quantitative estimate of drug-likeness (QED) is 0.639. The fourth-order valence-electron chi connectivity index (χ4n) is 4.14. The lowest BCUT2D eigenvalue weighted by atomic mass is 10.0. The fraction of sp³-hybridized carbons (Fsp3) is 0.318. The zero-order valence-electron chi connectivity index (χ0n) is 16.6. The van der Waals surface area contributed by atoms with E-state index in [4.69, 9.17) is 4.99 Å². The number of aliphatic imine (C=N–C) groups is 1. The average Bonchev–Trinajstić information content (AvgIpc) is 3.12. The van der Waals surface area contributed by atoms with Crippen molar-refractivity contribution in [2.75, 3.05) is 44.2 Å². The van der Waals surface area contributed by atoms with Crippen molar-refractivity contribution in [3.63, 3.8) is 0 Å². The van der Waals surface area contributed by atoms with Gasteiger partial charge < -0.3 is 10.0 Å². The lowest BCUT2D eigenvalue weighted by molar-refractivity contribution is 0.188. The van der Waals surface area contributed by atoms with Gasteiger partial charge in [0.25, 0.3) is 0 Å². The summed E-state index contributed by atoms with van der Waals surface area (Å²) >= 11 is 3.63. The van der Waals surface area contributed by atoms with Crippen LogP contribution in [0, 0.1) is 0 Å². The summed E-state index contributed by atoms with van der Waals surface area (Å²) in [6, 6.07) is 16.6. The second-order valence-corrected chi connectivity index (χ2v) is 8.41. The van der Waals surface area contributed by atoms with Crippen LogP contribution in [0.1, 0.15) is 17.0 Å². The highest BCUT2D eigenvalue weighted by Crippen LogP contribution is 2.31. The van der Waals surface area contributed by atoms with Gasteiger partial charge in [-0.05, 0) is 18.2 Å². The number of nitrogens with zero attached hydrogens (tertiary/aromatic N) is 6. The molecule has 1 N–H and O–H groups in total. The Balaban J connectivity index is 1.56. The van der Waals surface area contributed by atoms with Gasteiger partial charge in [0.05, 0.1) is 18.0 Å². The highest BCUT2D eigenvalue weighted by Gasteiger charge is 2.27. The van der Waals surface area contributed by atoms with E-state index in [1.54, 1.807) is 0 Å². The van der Waals surface area contributed by atoms with E-state index in [1.165, 1.54) is 0 Å². The van der Waals surface area contributed by atoms with E-state index in [1.807, 2.05) is 18.2 Å². The standard InChI is InChI=1S/C22H23BrN6O/c23-17-6-7-19-18(14-17)21(16-4-2-1-3-5-16)24-15-20-25-26-22(29(19)20)28-10-8-27(9-11-28)12-13-30/h1-7,14,30H,8-13,15H2. The van der Waals surface area contributed by atoms with Gasteiger partial charge in [0.15, 0.2) is 5.82 Å². The van der Waals surface area contributed by atoms with Crippen LogP contribution in [0.4, 0.5) is 5.95 Å². The van der Waals surface area contributed by atoms with Crippen LogP contribution in [0.25, 0.3) is 5.69 Å². The Morgan fingerprint density at radius 3 is 2.53 bits per heavy atom. The molecule has 0 spiro atoms. The average molecular weight is 467 g/mol. The van der Waals surface area contributed by atoms with Crippen LogP contribution in [0.3, 0.4) is 0 Å². The molecule has 0 unspecified atom stereocenters. The molecule has 3 aromatic rings. The van der Waals surface area contributed by atoms with Gasteiger partial charge >= 0.3 is 0 Å². The van der Waals surface area contributed by atoms with Gasteiger partial charge in [0.1, 0.15) is 6.54 Å². The summed E-state index contributed by atoms with van der Waals surface area (Å²) in [4.78, 5) is 9.49. The maximum atomic E-state index is 9.21. The Hall–Kier alpha value is -2.55. The van der Waals surface area contributed by atoms with Crippen LogP contribution >= 0.6 is 15.9 Å². The Bertz CT molecular complexity index is 1070. The lowest BCUT2D eigenvalue weighted by Crippen LogP contribution is -2.48. The lowest BCUT2D eigenvalue weighted by Gasteiger charge is -2.35. The maximum absolute atomic E-state index is 9.21. The molecule has 0 amide bonds. The smallest absolute Gasteiger partial charge is 0.232 e. The van der Waals surface area contributed by atoms with E-state index in [9.17, 15) is 5.11 Å². The van der Waals surface area contributed by atoms with Crippen molar-refractivity contribution in [3.8, 4) is 5.69 Å². The molecular formula is C22H23BrN6O. The number of hydrogen-bond acceptors (Lipinski definition) is 6. The minimum Gasteiger partial charge on any atom is -0.395 e. The molecule has 5 rings (SSSR count). The third-order valence-corrected chi connectivity index (χ3v) is 6.16. The van der Waals surface area contributed by atoms with Gasteiger partial charge in [-0.15, -0.1) is 10.2 Å². The number of aromatic nitrogens is 3. The SMILES string of the molecule is OCCN1CCN(c2nnc3n2-c2ccc(Br)cc2C(c2ccccc2)=NC3)CC1. The molecule has 1 saturated heterocycles. The first-order valence-corrected chi connectivity index (χ1v) is 11.0. The molecule has 30 heavy (non-hydrogen) atoms. The summed E-state index contributed by atoms with van der Waals surface area (Å²) in [5.41, 5.74) is 4.17. The molecule has 0 aliphatic carbocycles. The molecule has 0 saturated carbocycles. The monoisotopic (exact) mass is 466 g/mol. The number of piperazine rings is 1. The number of β-amino-alcohol motifs (C(OH)–C–C–N with tert-alkyl or cyclic N) is 1. The van der Waals surface area contributed by atoms with Gasteiger partial charge in [0, 0.05) is 48.3 Å². The number of anilines is 1. The van der Waals surface area contributed by atoms with Gasteiger partial charge in [-0.2, -0.15) is 0 Å². The molecule has 2 aliphatic rings. The minimum absolute atomic E-state index is 0.197. The molecule has 1 aromatic heterocycles. The molecule has 154 valence electrons. The summed E-state index contributed by atoms with van der Waals surface area (Å²) in [6.45, 7) is 4.92. The molecule has 0 radical (unpaired) electrons. The Morgan fingerprint density at radius 2 is 1.77 bits per heavy atom. The van der Waals surface area contributed by atoms with E-state index < -0.39 is 0 Å². The van der Waals surface area contributed by atoms with Crippen molar-refractivity contribution < 1.29 is 5.11 Å². The van der Waals surface area contributed by atoms with E-state index in [0.29, 0.717) is 6.54 Å². The van der Waals surface area contributed by atoms with Crippen LogP contribution in [-0.2, 0) is 6.54 Å². The normalized spacial score (nSPS) is 16.6. The highest BCUT2D eigenvalue weighted by atomic mass is 79.9. The molecule has 1 fully saturated rings. The maximum Gasteiger partial charge on any atom is 0.232 e. The second kappa shape index (κ2) is 8.29. The van der Waals surface area contributed by atoms with Gasteiger partial charge in [-0.1, -0.05) is 46.3 Å². The Morgan fingerprint density at radius 1 is 0.967 bits per heavy atom. The molecule has 7 nitrogen and oxygen atoms in total. The van der Waals surface area contributed by atoms with Crippen LogP contribution in [0.2, 0.25) is 0 Å². The first-order chi connectivity index (χ1) is 14.7. The molecule has 8 heteroatoms. The van der Waals surface area contributed by atoms with Crippen LogP contribution in [-0.4, -0.2) is 69.8 Å². The van der Waals surface area contributed by atoms with E-state index >= 15 is 0 Å².